The molecule has 4 heteroatoms. The van der Waals surface area contributed by atoms with E-state index in [1.165, 1.54) is 6.92 Å². The zero-order chi connectivity index (χ0) is 11.5. The van der Waals surface area contributed by atoms with Gasteiger partial charge in [-0.3, -0.25) is 4.79 Å². The number of anilines is 1. The molecule has 92 valence electrons. The topological polar surface area (TPSA) is 83.8 Å². The molecule has 1 aromatic rings. The third kappa shape index (κ3) is 12.4. The maximum Gasteiger partial charge on any atom is 0.302 e. The minimum Gasteiger partial charge on any atom is -0.466 e. The van der Waals surface area contributed by atoms with Crippen molar-refractivity contribution >= 4 is 11.7 Å². The average molecular weight is 227 g/mol. The second kappa shape index (κ2) is 11.5. The molecule has 4 N–H and O–H groups in total. The van der Waals surface area contributed by atoms with E-state index < -0.39 is 0 Å². The summed E-state index contributed by atoms with van der Waals surface area (Å²) >= 11 is 0. The van der Waals surface area contributed by atoms with Crippen molar-refractivity contribution in [3.05, 3.63) is 30.3 Å². The fourth-order valence-corrected chi connectivity index (χ4v) is 0.813. The number of carbonyl (C=O) groups excluding carboxylic acids is 1. The Labute approximate surface area is 96.7 Å². The van der Waals surface area contributed by atoms with Crippen molar-refractivity contribution in [2.45, 2.75) is 26.7 Å². The lowest BCUT2D eigenvalue weighted by molar-refractivity contribution is -0.141. The van der Waals surface area contributed by atoms with Gasteiger partial charge in [-0.15, -0.1) is 0 Å². The first kappa shape index (κ1) is 16.9. The molecule has 0 aliphatic carbocycles. The Bertz CT molecular complexity index is 262. The first-order valence-corrected chi connectivity index (χ1v) is 5.10. The SMILES string of the molecule is CCCCOC(C)=O.Nc1ccccc1.O. The van der Waals surface area contributed by atoms with Crippen LogP contribution in [0.4, 0.5) is 5.69 Å². The quantitative estimate of drug-likeness (QED) is 0.485. The highest BCUT2D eigenvalue weighted by Crippen LogP contribution is 1.95. The molecule has 0 amide bonds. The van der Waals surface area contributed by atoms with Gasteiger partial charge in [0.25, 0.3) is 0 Å². The summed E-state index contributed by atoms with van der Waals surface area (Å²) in [6.07, 6.45) is 2.05. The minimum atomic E-state index is -0.182. The normalized spacial score (nSPS) is 8.12. The van der Waals surface area contributed by atoms with E-state index in [0.717, 1.165) is 18.5 Å². The lowest BCUT2D eigenvalue weighted by atomic mass is 10.3. The molecule has 0 atom stereocenters. The van der Waals surface area contributed by atoms with Gasteiger partial charge in [-0.1, -0.05) is 31.5 Å². The lowest BCUT2D eigenvalue weighted by Gasteiger charge is -1.96. The Morgan fingerprint density at radius 3 is 2.19 bits per heavy atom. The first-order chi connectivity index (χ1) is 7.16. The minimum absolute atomic E-state index is 0. The van der Waals surface area contributed by atoms with Gasteiger partial charge in [0.15, 0.2) is 0 Å². The molecule has 0 heterocycles. The number of hydrogen-bond donors (Lipinski definition) is 1. The zero-order valence-corrected chi connectivity index (χ0v) is 9.90. The Kier molecular flexibility index (Phi) is 12.1. The van der Waals surface area contributed by atoms with Gasteiger partial charge in [0.1, 0.15) is 0 Å². The van der Waals surface area contributed by atoms with Crippen molar-refractivity contribution in [3.63, 3.8) is 0 Å². The fourth-order valence-electron chi connectivity index (χ4n) is 0.813. The number of nitrogen functional groups attached to an aromatic ring is 1. The van der Waals surface area contributed by atoms with Crippen LogP contribution in [0.5, 0.6) is 0 Å². The molecule has 0 aliphatic rings. The number of esters is 1. The van der Waals surface area contributed by atoms with Gasteiger partial charge < -0.3 is 15.9 Å². The molecule has 1 rings (SSSR count). The van der Waals surface area contributed by atoms with Gasteiger partial charge in [0.05, 0.1) is 6.61 Å². The number of rotatable bonds is 3. The molecule has 0 aliphatic heterocycles. The van der Waals surface area contributed by atoms with E-state index >= 15 is 0 Å². The lowest BCUT2D eigenvalue weighted by Crippen LogP contribution is -1.99. The number of unbranched alkanes of at least 4 members (excludes halogenated alkanes) is 1. The van der Waals surface area contributed by atoms with E-state index in [2.05, 4.69) is 11.7 Å². The number of ether oxygens (including phenoxy) is 1. The summed E-state index contributed by atoms with van der Waals surface area (Å²) in [6.45, 7) is 4.06. The van der Waals surface area contributed by atoms with Gasteiger partial charge in [0.2, 0.25) is 0 Å². The Balaban J connectivity index is 0. The summed E-state index contributed by atoms with van der Waals surface area (Å²) in [4.78, 5) is 10.1. The smallest absolute Gasteiger partial charge is 0.302 e. The maximum atomic E-state index is 10.1. The zero-order valence-electron chi connectivity index (χ0n) is 9.90. The van der Waals surface area contributed by atoms with E-state index in [1.54, 1.807) is 0 Å². The van der Waals surface area contributed by atoms with Gasteiger partial charge in [-0.2, -0.15) is 0 Å². The van der Waals surface area contributed by atoms with Crippen LogP contribution < -0.4 is 5.73 Å². The van der Waals surface area contributed by atoms with E-state index in [9.17, 15) is 4.79 Å². The summed E-state index contributed by atoms with van der Waals surface area (Å²) in [5, 5.41) is 0. The standard InChI is InChI=1S/C6H7N.C6H12O2.H2O/c7-6-4-2-1-3-5-6;1-3-4-5-8-6(2)7;/h1-5H,7H2;3-5H2,1-2H3;1H2. The predicted molar refractivity (Wildman–Crippen MR) is 66.0 cm³/mol. The third-order valence-electron chi connectivity index (χ3n) is 1.60. The maximum absolute atomic E-state index is 10.1. The molecule has 0 bridgehead atoms. The molecule has 16 heavy (non-hydrogen) atoms. The molecule has 0 saturated carbocycles. The van der Waals surface area contributed by atoms with Crippen LogP contribution in [0.3, 0.4) is 0 Å². The van der Waals surface area contributed by atoms with Gasteiger partial charge >= 0.3 is 5.97 Å². The molecule has 4 nitrogen and oxygen atoms in total. The number of hydrogen-bond acceptors (Lipinski definition) is 3. The Morgan fingerprint density at radius 2 is 1.88 bits per heavy atom. The van der Waals surface area contributed by atoms with Crippen LogP contribution in [0.25, 0.3) is 0 Å². The highest BCUT2D eigenvalue weighted by atomic mass is 16.5. The molecule has 1 aromatic carbocycles. The number of nitrogens with two attached hydrogens (primary N) is 1. The van der Waals surface area contributed by atoms with Gasteiger partial charge in [-0.25, -0.2) is 0 Å². The van der Waals surface area contributed by atoms with Gasteiger partial charge in [-0.05, 0) is 18.6 Å². The summed E-state index contributed by atoms with van der Waals surface area (Å²) in [6, 6.07) is 9.49. The molecule has 0 unspecified atom stereocenters. The second-order valence-corrected chi connectivity index (χ2v) is 3.10. The van der Waals surface area contributed by atoms with Crippen LogP contribution in [0.15, 0.2) is 30.3 Å². The number of carbonyl (C=O) groups is 1. The molecule has 0 saturated heterocycles. The van der Waals surface area contributed by atoms with Crippen molar-refractivity contribution in [2.75, 3.05) is 12.3 Å². The molecular weight excluding hydrogens is 206 g/mol. The molecule has 0 aromatic heterocycles. The van der Waals surface area contributed by atoms with Crippen molar-refractivity contribution in [1.82, 2.24) is 0 Å². The predicted octanol–water partition coefficient (Wildman–Crippen LogP) is 1.79. The molecular formula is C12H21NO3. The largest absolute Gasteiger partial charge is 0.466 e. The van der Waals surface area contributed by atoms with Crippen LogP contribution in [-0.2, 0) is 9.53 Å². The van der Waals surface area contributed by atoms with Crippen molar-refractivity contribution in [1.29, 1.82) is 0 Å². The third-order valence-corrected chi connectivity index (χ3v) is 1.60. The van der Waals surface area contributed by atoms with Crippen LogP contribution in [0.1, 0.15) is 26.7 Å². The van der Waals surface area contributed by atoms with Crippen LogP contribution in [0, 0.1) is 0 Å². The monoisotopic (exact) mass is 227 g/mol. The van der Waals surface area contributed by atoms with E-state index in [4.69, 9.17) is 5.73 Å². The number of benzene rings is 1. The summed E-state index contributed by atoms with van der Waals surface area (Å²) in [7, 11) is 0. The Hall–Kier alpha value is -1.55. The summed E-state index contributed by atoms with van der Waals surface area (Å²) in [5.74, 6) is -0.182. The highest BCUT2D eigenvalue weighted by Gasteiger charge is 1.88. The summed E-state index contributed by atoms with van der Waals surface area (Å²) in [5.41, 5.74) is 6.18. The highest BCUT2D eigenvalue weighted by molar-refractivity contribution is 5.65. The van der Waals surface area contributed by atoms with Crippen molar-refractivity contribution in [3.8, 4) is 0 Å². The van der Waals surface area contributed by atoms with E-state index in [1.807, 2.05) is 30.3 Å². The summed E-state index contributed by atoms with van der Waals surface area (Å²) < 4.78 is 4.64. The average Bonchev–Trinajstić information content (AvgIpc) is 2.20. The molecule has 0 radical (unpaired) electrons. The van der Waals surface area contributed by atoms with E-state index in [0.29, 0.717) is 6.61 Å². The number of para-hydroxylation sites is 1. The first-order valence-electron chi connectivity index (χ1n) is 5.10. The van der Waals surface area contributed by atoms with Crippen molar-refractivity contribution < 1.29 is 15.0 Å². The van der Waals surface area contributed by atoms with E-state index in [-0.39, 0.29) is 11.4 Å². The molecule has 0 spiro atoms. The van der Waals surface area contributed by atoms with Crippen molar-refractivity contribution in [2.24, 2.45) is 0 Å². The van der Waals surface area contributed by atoms with Gasteiger partial charge in [0, 0.05) is 12.6 Å². The van der Waals surface area contributed by atoms with Crippen LogP contribution in [0.2, 0.25) is 0 Å². The Morgan fingerprint density at radius 1 is 1.31 bits per heavy atom. The molecule has 0 fully saturated rings. The van der Waals surface area contributed by atoms with Crippen LogP contribution in [-0.4, -0.2) is 18.1 Å². The second-order valence-electron chi connectivity index (χ2n) is 3.10. The van der Waals surface area contributed by atoms with Crippen LogP contribution >= 0.6 is 0 Å². The fraction of sp³-hybridized carbons (Fsp3) is 0.417.